The maximum Gasteiger partial charge on any atom is 0.586 e. The molecule has 0 radical (unpaired) electrons. The highest BCUT2D eigenvalue weighted by molar-refractivity contribution is 6.32. The molecule has 1 aliphatic carbocycles. The maximum atomic E-state index is 13.4. The van der Waals surface area contributed by atoms with Crippen LogP contribution in [0.15, 0.2) is 42.6 Å². The van der Waals surface area contributed by atoms with E-state index in [1.54, 1.807) is 24.4 Å². The third-order valence-electron chi connectivity index (χ3n) is 5.75. The van der Waals surface area contributed by atoms with E-state index in [-0.39, 0.29) is 17.4 Å². The smallest absolute Gasteiger partial charge is 0.480 e. The van der Waals surface area contributed by atoms with E-state index < -0.39 is 11.7 Å². The van der Waals surface area contributed by atoms with Crippen molar-refractivity contribution < 1.29 is 27.8 Å². The molecule has 170 valence electrons. The number of hydrogen-bond acceptors (Lipinski definition) is 6. The van der Waals surface area contributed by atoms with E-state index in [1.165, 1.54) is 19.2 Å². The van der Waals surface area contributed by atoms with Crippen LogP contribution < -0.4 is 19.5 Å². The van der Waals surface area contributed by atoms with Crippen LogP contribution >= 0.6 is 11.6 Å². The van der Waals surface area contributed by atoms with Crippen molar-refractivity contribution in [3.63, 3.8) is 0 Å². The minimum atomic E-state index is -3.71. The van der Waals surface area contributed by atoms with Gasteiger partial charge < -0.3 is 19.5 Å². The molecule has 2 aliphatic rings. The van der Waals surface area contributed by atoms with Gasteiger partial charge in [-0.25, -0.2) is 9.97 Å². The fraction of sp³-hybridized carbons (Fsp3) is 0.261. The predicted molar refractivity (Wildman–Crippen MR) is 116 cm³/mol. The molecule has 1 aliphatic heterocycles. The summed E-state index contributed by atoms with van der Waals surface area (Å²) in [6.07, 6.45) is -0.963. The van der Waals surface area contributed by atoms with Crippen LogP contribution in [0.1, 0.15) is 24.0 Å². The van der Waals surface area contributed by atoms with Gasteiger partial charge >= 0.3 is 6.29 Å². The van der Waals surface area contributed by atoms with Crippen molar-refractivity contribution in [1.82, 2.24) is 9.97 Å². The maximum absolute atomic E-state index is 13.4. The standard InChI is InChI=1S/C23H18ClF2N3O4/c1-12-3-6-18(28-19(12)13-9-15(24)20(31-2)27-11-13)29-21(30)22(7-8-22)14-4-5-16-17(10-14)33-23(25,26)32-16/h3-6,9-11H,7-8H2,1-2H3,(H,28,29,30). The Balaban J connectivity index is 1.40. The zero-order chi connectivity index (χ0) is 23.4. The molecular formula is C23H18ClF2N3O4. The Labute approximate surface area is 192 Å². The molecule has 0 spiro atoms. The number of methoxy groups -OCH3 is 1. The lowest BCUT2D eigenvalue weighted by atomic mass is 9.94. The zero-order valence-electron chi connectivity index (χ0n) is 17.6. The molecule has 1 fully saturated rings. The predicted octanol–water partition coefficient (Wildman–Crippen LogP) is 5.11. The van der Waals surface area contributed by atoms with E-state index in [2.05, 4.69) is 24.8 Å². The number of hydrogen-bond donors (Lipinski definition) is 1. The number of aryl methyl sites for hydroxylation is 1. The molecular weight excluding hydrogens is 456 g/mol. The lowest BCUT2D eigenvalue weighted by Gasteiger charge is -2.17. The molecule has 1 aromatic carbocycles. The van der Waals surface area contributed by atoms with Gasteiger partial charge in [0.1, 0.15) is 10.8 Å². The summed E-state index contributed by atoms with van der Waals surface area (Å²) in [6.45, 7) is 1.89. The number of benzene rings is 1. The number of alkyl halides is 2. The zero-order valence-corrected chi connectivity index (χ0v) is 18.4. The van der Waals surface area contributed by atoms with Gasteiger partial charge in [-0.3, -0.25) is 4.79 Å². The molecule has 5 rings (SSSR count). The number of ether oxygens (including phenoxy) is 3. The molecule has 0 atom stereocenters. The molecule has 0 saturated heterocycles. The molecule has 1 saturated carbocycles. The third kappa shape index (κ3) is 3.82. The van der Waals surface area contributed by atoms with Crippen LogP contribution in [0.3, 0.4) is 0 Å². The van der Waals surface area contributed by atoms with Crippen LogP contribution in [0, 0.1) is 6.92 Å². The lowest BCUT2D eigenvalue weighted by molar-refractivity contribution is -0.286. The molecule has 1 N–H and O–H groups in total. The van der Waals surface area contributed by atoms with Gasteiger partial charge in [0.25, 0.3) is 0 Å². The van der Waals surface area contributed by atoms with Gasteiger partial charge in [-0.2, -0.15) is 0 Å². The highest BCUT2D eigenvalue weighted by Crippen LogP contribution is 2.52. The van der Waals surface area contributed by atoms with Crippen molar-refractivity contribution in [3.05, 3.63) is 58.7 Å². The quantitative estimate of drug-likeness (QED) is 0.554. The molecule has 2 aromatic heterocycles. The Morgan fingerprint density at radius 3 is 2.61 bits per heavy atom. The van der Waals surface area contributed by atoms with E-state index in [4.69, 9.17) is 16.3 Å². The number of carbonyl (C=O) groups is 1. The third-order valence-corrected chi connectivity index (χ3v) is 6.02. The summed E-state index contributed by atoms with van der Waals surface area (Å²) in [5, 5.41) is 3.20. The van der Waals surface area contributed by atoms with Gasteiger partial charge in [-0.1, -0.05) is 23.7 Å². The summed E-state index contributed by atoms with van der Waals surface area (Å²) in [5.74, 6) is 0.236. The van der Waals surface area contributed by atoms with Gasteiger partial charge in [0.2, 0.25) is 11.8 Å². The summed E-state index contributed by atoms with van der Waals surface area (Å²) in [5.41, 5.74) is 1.90. The first-order valence-electron chi connectivity index (χ1n) is 10.1. The van der Waals surface area contributed by atoms with E-state index in [0.29, 0.717) is 46.4 Å². The van der Waals surface area contributed by atoms with Crippen LogP contribution in [-0.2, 0) is 10.2 Å². The van der Waals surface area contributed by atoms with E-state index in [0.717, 1.165) is 5.56 Å². The normalized spacial score (nSPS) is 16.9. The van der Waals surface area contributed by atoms with E-state index >= 15 is 0 Å². The molecule has 7 nitrogen and oxygen atoms in total. The molecule has 0 bridgehead atoms. The fourth-order valence-corrected chi connectivity index (χ4v) is 4.09. The van der Waals surface area contributed by atoms with Crippen molar-refractivity contribution >= 4 is 23.3 Å². The SMILES string of the molecule is COc1ncc(-c2nc(NC(=O)C3(c4ccc5c(c4)OC(F)(F)O5)CC3)ccc2C)cc1Cl. The van der Waals surface area contributed by atoms with Gasteiger partial charge in [0, 0.05) is 11.8 Å². The molecule has 3 aromatic rings. The number of pyridine rings is 2. The fourth-order valence-electron chi connectivity index (χ4n) is 3.85. The number of anilines is 1. The van der Waals surface area contributed by atoms with Crippen molar-refractivity contribution in [2.24, 2.45) is 0 Å². The Bertz CT molecular complexity index is 1280. The summed E-state index contributed by atoms with van der Waals surface area (Å²) in [4.78, 5) is 21.9. The van der Waals surface area contributed by atoms with E-state index in [1.807, 2.05) is 13.0 Å². The summed E-state index contributed by atoms with van der Waals surface area (Å²) in [7, 11) is 1.48. The van der Waals surface area contributed by atoms with Crippen molar-refractivity contribution in [2.45, 2.75) is 31.5 Å². The Morgan fingerprint density at radius 2 is 1.91 bits per heavy atom. The number of fused-ring (bicyclic) bond motifs is 1. The first-order chi connectivity index (χ1) is 15.7. The summed E-state index contributed by atoms with van der Waals surface area (Å²) >= 11 is 6.20. The number of nitrogens with zero attached hydrogens (tertiary/aromatic N) is 2. The van der Waals surface area contributed by atoms with Gasteiger partial charge in [0.15, 0.2) is 11.5 Å². The minimum Gasteiger partial charge on any atom is -0.480 e. The Hall–Kier alpha value is -3.46. The van der Waals surface area contributed by atoms with Gasteiger partial charge in [0.05, 0.1) is 18.2 Å². The number of aromatic nitrogens is 2. The number of rotatable bonds is 5. The summed E-state index contributed by atoms with van der Waals surface area (Å²) in [6, 6.07) is 9.65. The number of nitrogens with one attached hydrogen (secondary N) is 1. The van der Waals surface area contributed by atoms with Gasteiger partial charge in [-0.15, -0.1) is 8.78 Å². The largest absolute Gasteiger partial charge is 0.586 e. The van der Waals surface area contributed by atoms with Crippen LogP contribution in [-0.4, -0.2) is 29.3 Å². The number of carbonyl (C=O) groups excluding carboxylic acids is 1. The molecule has 1 amide bonds. The van der Waals surface area contributed by atoms with E-state index in [9.17, 15) is 13.6 Å². The average Bonchev–Trinajstić information content (AvgIpc) is 3.52. The summed E-state index contributed by atoms with van der Waals surface area (Å²) < 4.78 is 40.8. The monoisotopic (exact) mass is 473 g/mol. The molecule has 3 heterocycles. The topological polar surface area (TPSA) is 82.6 Å². The van der Waals surface area contributed by atoms with Crippen LogP contribution in [0.2, 0.25) is 5.02 Å². The number of amides is 1. The molecule has 0 unspecified atom stereocenters. The molecule has 10 heteroatoms. The molecule has 33 heavy (non-hydrogen) atoms. The van der Waals surface area contributed by atoms with Gasteiger partial charge in [-0.05, 0) is 55.2 Å². The van der Waals surface area contributed by atoms with Crippen molar-refractivity contribution in [3.8, 4) is 28.6 Å². The van der Waals surface area contributed by atoms with Crippen molar-refractivity contribution in [1.29, 1.82) is 0 Å². The Kier molecular flexibility index (Phi) is 4.89. The van der Waals surface area contributed by atoms with Crippen LogP contribution in [0.25, 0.3) is 11.3 Å². The van der Waals surface area contributed by atoms with Crippen LogP contribution in [0.4, 0.5) is 14.6 Å². The second kappa shape index (κ2) is 7.55. The van der Waals surface area contributed by atoms with Crippen molar-refractivity contribution in [2.75, 3.05) is 12.4 Å². The minimum absolute atomic E-state index is 0.0587. The second-order valence-electron chi connectivity index (χ2n) is 7.94. The van der Waals surface area contributed by atoms with Crippen LogP contribution in [0.5, 0.6) is 17.4 Å². The first kappa shape index (κ1) is 21.4. The number of halogens is 3. The lowest BCUT2D eigenvalue weighted by Crippen LogP contribution is -2.28. The first-order valence-corrected chi connectivity index (χ1v) is 10.5. The Morgan fingerprint density at radius 1 is 1.15 bits per heavy atom. The highest BCUT2D eigenvalue weighted by Gasteiger charge is 2.53. The second-order valence-corrected chi connectivity index (χ2v) is 8.35. The average molecular weight is 474 g/mol. The highest BCUT2D eigenvalue weighted by atomic mass is 35.5.